The van der Waals surface area contributed by atoms with Gasteiger partial charge in [-0.3, -0.25) is 4.79 Å². The fraction of sp³-hybridized carbons (Fsp3) is 0.476. The van der Waals surface area contributed by atoms with Crippen LogP contribution < -0.4 is 20.3 Å². The number of hydrogen-bond acceptors (Lipinski definition) is 6. The summed E-state index contributed by atoms with van der Waals surface area (Å²) in [4.78, 5) is 23.2. The minimum Gasteiger partial charge on any atom is -0.484 e. The molecule has 29 heavy (non-hydrogen) atoms. The van der Waals surface area contributed by atoms with E-state index in [2.05, 4.69) is 20.6 Å². The molecule has 2 N–H and O–H groups in total. The molecule has 3 rings (SSSR count). The Morgan fingerprint density at radius 3 is 2.66 bits per heavy atom. The van der Waals surface area contributed by atoms with Crippen LogP contribution in [0.15, 0.2) is 30.5 Å². The molecule has 1 heterocycles. The number of carbonyl (C=O) groups is 1. The lowest BCUT2D eigenvalue weighted by molar-refractivity contribution is -0.124. The Morgan fingerprint density at radius 1 is 1.24 bits per heavy atom. The molecule has 1 aromatic heterocycles. The van der Waals surface area contributed by atoms with Crippen molar-refractivity contribution in [1.82, 2.24) is 15.3 Å². The molecule has 156 valence electrons. The normalized spacial score (nSPS) is 18.8. The first-order valence-electron chi connectivity index (χ1n) is 9.86. The first kappa shape index (κ1) is 21.2. The zero-order valence-corrected chi connectivity index (χ0v) is 17.9. The lowest BCUT2D eigenvalue weighted by Crippen LogP contribution is -2.42. The van der Waals surface area contributed by atoms with Crippen LogP contribution in [-0.4, -0.2) is 48.7 Å². The van der Waals surface area contributed by atoms with Crippen LogP contribution in [0, 0.1) is 6.92 Å². The summed E-state index contributed by atoms with van der Waals surface area (Å²) < 4.78 is 5.50. The van der Waals surface area contributed by atoms with Gasteiger partial charge in [-0.2, -0.15) is 4.98 Å². The van der Waals surface area contributed by atoms with Gasteiger partial charge in [0, 0.05) is 43.0 Å². The van der Waals surface area contributed by atoms with Gasteiger partial charge in [0.2, 0.25) is 5.95 Å². The van der Waals surface area contributed by atoms with Crippen molar-refractivity contribution < 1.29 is 9.53 Å². The molecule has 0 atom stereocenters. The monoisotopic (exact) mass is 417 g/mol. The highest BCUT2D eigenvalue weighted by Crippen LogP contribution is 2.23. The van der Waals surface area contributed by atoms with Gasteiger partial charge in [0.05, 0.1) is 0 Å². The largest absolute Gasteiger partial charge is 0.484 e. The van der Waals surface area contributed by atoms with E-state index in [4.69, 9.17) is 16.3 Å². The topological polar surface area (TPSA) is 79.4 Å². The molecule has 0 bridgehead atoms. The fourth-order valence-corrected chi connectivity index (χ4v) is 3.68. The van der Waals surface area contributed by atoms with E-state index in [1.165, 1.54) is 0 Å². The van der Waals surface area contributed by atoms with Gasteiger partial charge in [-0.05, 0) is 50.8 Å². The van der Waals surface area contributed by atoms with Crippen LogP contribution in [0.2, 0.25) is 5.02 Å². The molecule has 1 fully saturated rings. The highest BCUT2D eigenvalue weighted by molar-refractivity contribution is 6.30. The molecule has 0 aliphatic heterocycles. The van der Waals surface area contributed by atoms with Gasteiger partial charge < -0.3 is 20.3 Å². The van der Waals surface area contributed by atoms with Gasteiger partial charge in [0.15, 0.2) is 6.61 Å². The lowest BCUT2D eigenvalue weighted by atomic mass is 9.91. The Labute approximate surface area is 176 Å². The number of anilines is 2. The van der Waals surface area contributed by atoms with E-state index in [-0.39, 0.29) is 18.6 Å². The van der Waals surface area contributed by atoms with Crippen molar-refractivity contribution in [1.29, 1.82) is 0 Å². The second-order valence-corrected chi connectivity index (χ2v) is 8.04. The summed E-state index contributed by atoms with van der Waals surface area (Å²) in [7, 11) is 3.95. The van der Waals surface area contributed by atoms with Crippen molar-refractivity contribution in [3.05, 3.63) is 41.0 Å². The summed E-state index contributed by atoms with van der Waals surface area (Å²) in [6, 6.07) is 7.52. The molecule has 0 unspecified atom stereocenters. The Balaban J connectivity index is 1.42. The number of halogens is 1. The molecule has 8 heteroatoms. The Morgan fingerprint density at radius 2 is 1.97 bits per heavy atom. The van der Waals surface area contributed by atoms with Gasteiger partial charge in [0.25, 0.3) is 5.91 Å². The standard InChI is InChI=1S/C21H28ClN5O2/c1-14-12-23-21(26-20(14)27(2)3)25-17-9-7-16(8-10-17)24-19(28)13-29-18-6-4-5-15(22)11-18/h4-6,11-12,16-17H,7-10,13H2,1-3H3,(H,24,28)(H,23,25,26). The molecule has 0 spiro atoms. The fourth-order valence-electron chi connectivity index (χ4n) is 3.49. The van der Waals surface area contributed by atoms with Crippen molar-refractivity contribution >= 4 is 29.3 Å². The van der Waals surface area contributed by atoms with Crippen LogP contribution in [0.3, 0.4) is 0 Å². The Hall–Kier alpha value is -2.54. The summed E-state index contributed by atoms with van der Waals surface area (Å²) >= 11 is 5.92. The maximum atomic E-state index is 12.2. The zero-order chi connectivity index (χ0) is 20.8. The lowest BCUT2D eigenvalue weighted by Gasteiger charge is -2.30. The Kier molecular flexibility index (Phi) is 7.14. The highest BCUT2D eigenvalue weighted by Gasteiger charge is 2.23. The number of aromatic nitrogens is 2. The first-order valence-corrected chi connectivity index (χ1v) is 10.2. The van der Waals surface area contributed by atoms with Crippen LogP contribution in [-0.2, 0) is 4.79 Å². The molecule has 1 aliphatic rings. The third-order valence-corrected chi connectivity index (χ3v) is 5.20. The molecule has 0 saturated heterocycles. The smallest absolute Gasteiger partial charge is 0.258 e. The van der Waals surface area contributed by atoms with Gasteiger partial charge in [-0.15, -0.1) is 0 Å². The van der Waals surface area contributed by atoms with Gasteiger partial charge in [0.1, 0.15) is 11.6 Å². The number of aryl methyl sites for hydroxylation is 1. The SMILES string of the molecule is Cc1cnc(NC2CCC(NC(=O)COc3cccc(Cl)c3)CC2)nc1N(C)C. The molecular formula is C21H28ClN5O2. The van der Waals surface area contributed by atoms with Crippen molar-refractivity contribution in [2.45, 2.75) is 44.7 Å². The number of rotatable bonds is 7. The van der Waals surface area contributed by atoms with Crippen LogP contribution >= 0.6 is 11.6 Å². The minimum absolute atomic E-state index is 0.0109. The van der Waals surface area contributed by atoms with E-state index >= 15 is 0 Å². The van der Waals surface area contributed by atoms with Crippen LogP contribution in [0.1, 0.15) is 31.2 Å². The minimum atomic E-state index is -0.112. The van der Waals surface area contributed by atoms with E-state index in [0.29, 0.717) is 22.8 Å². The molecule has 1 aromatic carbocycles. The van der Waals surface area contributed by atoms with E-state index in [9.17, 15) is 4.79 Å². The molecular weight excluding hydrogens is 390 g/mol. The second kappa shape index (κ2) is 9.78. The van der Waals surface area contributed by atoms with Gasteiger partial charge >= 0.3 is 0 Å². The average Bonchev–Trinajstić information content (AvgIpc) is 2.69. The number of carbonyl (C=O) groups excluding carboxylic acids is 1. The first-order chi connectivity index (χ1) is 13.9. The number of nitrogens with one attached hydrogen (secondary N) is 2. The molecule has 1 amide bonds. The van der Waals surface area contributed by atoms with Crippen molar-refractivity contribution in [3.63, 3.8) is 0 Å². The van der Waals surface area contributed by atoms with Crippen molar-refractivity contribution in [2.24, 2.45) is 0 Å². The number of nitrogens with zero attached hydrogens (tertiary/aromatic N) is 3. The quantitative estimate of drug-likeness (QED) is 0.718. The van der Waals surface area contributed by atoms with Crippen LogP contribution in [0.5, 0.6) is 5.75 Å². The predicted octanol–water partition coefficient (Wildman–Crippen LogP) is 3.42. The van der Waals surface area contributed by atoms with Crippen molar-refractivity contribution in [2.75, 3.05) is 30.9 Å². The third kappa shape index (κ3) is 6.22. The highest BCUT2D eigenvalue weighted by atomic mass is 35.5. The molecule has 7 nitrogen and oxygen atoms in total. The van der Waals surface area contributed by atoms with Gasteiger partial charge in [-0.1, -0.05) is 17.7 Å². The molecule has 0 radical (unpaired) electrons. The maximum Gasteiger partial charge on any atom is 0.258 e. The summed E-state index contributed by atoms with van der Waals surface area (Å²) in [5.41, 5.74) is 1.05. The Bertz CT molecular complexity index is 838. The molecule has 1 aliphatic carbocycles. The summed E-state index contributed by atoms with van der Waals surface area (Å²) in [5.74, 6) is 2.06. The van der Waals surface area contributed by atoms with Crippen LogP contribution in [0.25, 0.3) is 0 Å². The second-order valence-electron chi connectivity index (χ2n) is 7.60. The van der Waals surface area contributed by atoms with Crippen molar-refractivity contribution in [3.8, 4) is 5.75 Å². The summed E-state index contributed by atoms with van der Waals surface area (Å²) in [5, 5.41) is 7.07. The number of amides is 1. The van der Waals surface area contributed by atoms with Gasteiger partial charge in [-0.25, -0.2) is 4.98 Å². The van der Waals surface area contributed by atoms with E-state index in [1.54, 1.807) is 24.3 Å². The van der Waals surface area contributed by atoms with E-state index in [1.807, 2.05) is 32.1 Å². The zero-order valence-electron chi connectivity index (χ0n) is 17.1. The summed E-state index contributed by atoms with van der Waals surface area (Å²) in [6.07, 6.45) is 5.57. The third-order valence-electron chi connectivity index (χ3n) is 4.96. The number of hydrogen-bond donors (Lipinski definition) is 2. The predicted molar refractivity (Wildman–Crippen MR) is 116 cm³/mol. The van der Waals surface area contributed by atoms with E-state index in [0.717, 1.165) is 37.1 Å². The summed E-state index contributed by atoms with van der Waals surface area (Å²) in [6.45, 7) is 1.99. The molecule has 2 aromatic rings. The number of benzene rings is 1. The number of ether oxygens (including phenoxy) is 1. The van der Waals surface area contributed by atoms with E-state index < -0.39 is 0 Å². The van der Waals surface area contributed by atoms with Crippen LogP contribution in [0.4, 0.5) is 11.8 Å². The average molecular weight is 418 g/mol. The molecule has 1 saturated carbocycles. The maximum absolute atomic E-state index is 12.2.